The highest BCUT2D eigenvalue weighted by Gasteiger charge is 2.16. The van der Waals surface area contributed by atoms with Crippen LogP contribution in [0.15, 0.2) is 36.4 Å². The van der Waals surface area contributed by atoms with Crippen LogP contribution in [0.2, 0.25) is 0 Å². The summed E-state index contributed by atoms with van der Waals surface area (Å²) in [6, 6.07) is 13.1. The van der Waals surface area contributed by atoms with Gasteiger partial charge < -0.3 is 15.2 Å². The van der Waals surface area contributed by atoms with E-state index < -0.39 is 12.1 Å². The number of carbonyl (C=O) groups is 1. The number of benzene rings is 2. The van der Waals surface area contributed by atoms with Crippen LogP contribution < -0.4 is 5.32 Å². The zero-order chi connectivity index (χ0) is 14.5. The van der Waals surface area contributed by atoms with Crippen molar-refractivity contribution in [2.24, 2.45) is 0 Å². The SMILES string of the molecule is COC(CNc1ccc(C#N)c2ccccc12)C(=O)O. The Bertz CT molecular complexity index is 676. The third-order valence-corrected chi connectivity index (χ3v) is 3.08. The summed E-state index contributed by atoms with van der Waals surface area (Å²) < 4.78 is 4.88. The first-order chi connectivity index (χ1) is 9.67. The zero-order valence-electron chi connectivity index (χ0n) is 11.0. The number of nitrogens with zero attached hydrogens (tertiary/aromatic N) is 1. The Hall–Kier alpha value is -2.58. The molecule has 2 aromatic carbocycles. The summed E-state index contributed by atoms with van der Waals surface area (Å²) in [7, 11) is 1.36. The Kier molecular flexibility index (Phi) is 4.18. The molecule has 0 amide bonds. The molecule has 2 N–H and O–H groups in total. The van der Waals surface area contributed by atoms with Crippen LogP contribution in [0.25, 0.3) is 10.8 Å². The van der Waals surface area contributed by atoms with Crippen molar-refractivity contribution in [3.8, 4) is 6.07 Å². The number of fused-ring (bicyclic) bond motifs is 1. The Morgan fingerprint density at radius 3 is 2.65 bits per heavy atom. The van der Waals surface area contributed by atoms with Gasteiger partial charge in [-0.25, -0.2) is 4.79 Å². The van der Waals surface area contributed by atoms with Gasteiger partial charge >= 0.3 is 5.97 Å². The molecule has 0 aromatic heterocycles. The maximum absolute atomic E-state index is 10.9. The Balaban J connectivity index is 2.32. The summed E-state index contributed by atoms with van der Waals surface area (Å²) in [5.41, 5.74) is 1.37. The molecule has 2 aromatic rings. The van der Waals surface area contributed by atoms with Crippen molar-refractivity contribution in [1.29, 1.82) is 5.26 Å². The second-order valence-electron chi connectivity index (χ2n) is 4.26. The van der Waals surface area contributed by atoms with Gasteiger partial charge in [-0.3, -0.25) is 0 Å². The molecule has 1 unspecified atom stereocenters. The normalized spacial score (nSPS) is 11.8. The minimum absolute atomic E-state index is 0.154. The summed E-state index contributed by atoms with van der Waals surface area (Å²) >= 11 is 0. The summed E-state index contributed by atoms with van der Waals surface area (Å²) in [5, 5.41) is 22.8. The van der Waals surface area contributed by atoms with Gasteiger partial charge in [0.15, 0.2) is 6.10 Å². The van der Waals surface area contributed by atoms with Crippen molar-refractivity contribution < 1.29 is 14.6 Å². The predicted molar refractivity (Wildman–Crippen MR) is 75.6 cm³/mol. The maximum Gasteiger partial charge on any atom is 0.334 e. The van der Waals surface area contributed by atoms with E-state index >= 15 is 0 Å². The van der Waals surface area contributed by atoms with Gasteiger partial charge in [-0.2, -0.15) is 5.26 Å². The molecule has 2 rings (SSSR count). The molecular formula is C15H14N2O3. The van der Waals surface area contributed by atoms with E-state index in [2.05, 4.69) is 11.4 Å². The number of hydrogen-bond acceptors (Lipinski definition) is 4. The van der Waals surface area contributed by atoms with Crippen LogP contribution in [0.4, 0.5) is 5.69 Å². The molecule has 1 atom stereocenters. The molecule has 0 aliphatic rings. The largest absolute Gasteiger partial charge is 0.479 e. The van der Waals surface area contributed by atoms with Gasteiger partial charge in [0.25, 0.3) is 0 Å². The molecule has 0 aliphatic carbocycles. The minimum atomic E-state index is -1.02. The van der Waals surface area contributed by atoms with E-state index in [9.17, 15) is 4.79 Å². The van der Waals surface area contributed by atoms with Crippen LogP contribution in [0.3, 0.4) is 0 Å². The van der Waals surface area contributed by atoms with Crippen LogP contribution in [-0.4, -0.2) is 30.8 Å². The lowest BCUT2D eigenvalue weighted by Gasteiger charge is -2.14. The molecule has 0 saturated carbocycles. The molecule has 5 nitrogen and oxygen atoms in total. The highest BCUT2D eigenvalue weighted by atomic mass is 16.5. The fraction of sp³-hybridized carbons (Fsp3) is 0.200. The van der Waals surface area contributed by atoms with E-state index in [1.807, 2.05) is 24.3 Å². The molecule has 20 heavy (non-hydrogen) atoms. The average Bonchev–Trinajstić information content (AvgIpc) is 2.47. The quantitative estimate of drug-likeness (QED) is 0.870. The topological polar surface area (TPSA) is 82.3 Å². The third kappa shape index (κ3) is 2.71. The second kappa shape index (κ2) is 6.04. The van der Waals surface area contributed by atoms with Gasteiger partial charge in [-0.1, -0.05) is 24.3 Å². The van der Waals surface area contributed by atoms with Gasteiger partial charge in [0.2, 0.25) is 0 Å². The standard InChI is InChI=1S/C15H14N2O3/c1-20-14(15(18)19)9-17-13-7-6-10(8-16)11-4-2-3-5-12(11)13/h2-7,14,17H,9H2,1H3,(H,18,19). The number of aliphatic carboxylic acids is 1. The van der Waals surface area contributed by atoms with Crippen molar-refractivity contribution in [1.82, 2.24) is 0 Å². The number of anilines is 1. The van der Waals surface area contributed by atoms with Gasteiger partial charge in [0.05, 0.1) is 18.2 Å². The lowest BCUT2D eigenvalue weighted by Crippen LogP contribution is -2.30. The maximum atomic E-state index is 10.9. The number of nitrogens with one attached hydrogen (secondary N) is 1. The number of methoxy groups -OCH3 is 1. The fourth-order valence-electron chi connectivity index (χ4n) is 2.02. The van der Waals surface area contributed by atoms with E-state index in [0.29, 0.717) is 5.56 Å². The molecule has 5 heteroatoms. The number of rotatable bonds is 5. The number of carboxylic acid groups (broad SMARTS) is 1. The monoisotopic (exact) mass is 270 g/mol. The van der Waals surface area contributed by atoms with E-state index in [-0.39, 0.29) is 6.54 Å². The molecule has 0 fully saturated rings. The second-order valence-corrected chi connectivity index (χ2v) is 4.26. The van der Waals surface area contributed by atoms with E-state index in [1.165, 1.54) is 7.11 Å². The molecule has 0 spiro atoms. The summed E-state index contributed by atoms with van der Waals surface area (Å²) in [5.74, 6) is -1.02. The van der Waals surface area contributed by atoms with Crippen LogP contribution in [0.1, 0.15) is 5.56 Å². The van der Waals surface area contributed by atoms with Gasteiger partial charge in [-0.15, -0.1) is 0 Å². The smallest absolute Gasteiger partial charge is 0.334 e. The number of ether oxygens (including phenoxy) is 1. The van der Waals surface area contributed by atoms with E-state index in [4.69, 9.17) is 15.1 Å². The van der Waals surface area contributed by atoms with E-state index in [0.717, 1.165) is 16.5 Å². The lowest BCUT2D eigenvalue weighted by atomic mass is 10.0. The average molecular weight is 270 g/mol. The van der Waals surface area contributed by atoms with Crippen molar-refractivity contribution in [2.45, 2.75) is 6.10 Å². The molecule has 0 aliphatic heterocycles. The van der Waals surface area contributed by atoms with Crippen LogP contribution in [-0.2, 0) is 9.53 Å². The Morgan fingerprint density at radius 2 is 2.05 bits per heavy atom. The third-order valence-electron chi connectivity index (χ3n) is 3.08. The fourth-order valence-corrected chi connectivity index (χ4v) is 2.02. The summed E-state index contributed by atoms with van der Waals surface area (Å²) in [6.45, 7) is 0.154. The van der Waals surface area contributed by atoms with Gasteiger partial charge in [0.1, 0.15) is 0 Å². The minimum Gasteiger partial charge on any atom is -0.479 e. The zero-order valence-corrected chi connectivity index (χ0v) is 11.0. The van der Waals surface area contributed by atoms with Crippen molar-refractivity contribution in [2.75, 3.05) is 19.0 Å². The van der Waals surface area contributed by atoms with Crippen molar-refractivity contribution in [3.05, 3.63) is 42.0 Å². The molecule has 0 saturated heterocycles. The van der Waals surface area contributed by atoms with Crippen LogP contribution in [0.5, 0.6) is 0 Å². The molecule has 102 valence electrons. The van der Waals surface area contributed by atoms with Crippen molar-refractivity contribution in [3.63, 3.8) is 0 Å². The first kappa shape index (κ1) is 13.8. The Morgan fingerprint density at radius 1 is 1.35 bits per heavy atom. The molecule has 0 bridgehead atoms. The van der Waals surface area contributed by atoms with Crippen LogP contribution >= 0.6 is 0 Å². The van der Waals surface area contributed by atoms with Gasteiger partial charge in [0, 0.05) is 23.6 Å². The highest BCUT2D eigenvalue weighted by molar-refractivity contribution is 5.97. The molecule has 0 radical (unpaired) electrons. The first-order valence-corrected chi connectivity index (χ1v) is 6.08. The molecular weight excluding hydrogens is 256 g/mol. The summed E-state index contributed by atoms with van der Waals surface area (Å²) in [6.07, 6.45) is -0.913. The van der Waals surface area contributed by atoms with E-state index in [1.54, 1.807) is 12.1 Å². The summed E-state index contributed by atoms with van der Waals surface area (Å²) in [4.78, 5) is 10.9. The number of nitriles is 1. The highest BCUT2D eigenvalue weighted by Crippen LogP contribution is 2.26. The Labute approximate surface area is 116 Å². The molecule has 0 heterocycles. The van der Waals surface area contributed by atoms with Crippen molar-refractivity contribution >= 4 is 22.4 Å². The number of hydrogen-bond donors (Lipinski definition) is 2. The number of carboxylic acids is 1. The first-order valence-electron chi connectivity index (χ1n) is 6.08. The van der Waals surface area contributed by atoms with Gasteiger partial charge in [-0.05, 0) is 12.1 Å². The van der Waals surface area contributed by atoms with Crippen LogP contribution in [0, 0.1) is 11.3 Å². The predicted octanol–water partition coefficient (Wildman–Crippen LogP) is 2.22. The lowest BCUT2D eigenvalue weighted by molar-refractivity contribution is -0.147.